The molecule has 0 saturated heterocycles. The molecule has 0 radical (unpaired) electrons. The van der Waals surface area contributed by atoms with Crippen molar-refractivity contribution >= 4 is 35.3 Å². The minimum absolute atomic E-state index is 0.0315. The average Bonchev–Trinajstić information content (AvgIpc) is 2.25. The molecule has 2 rings (SSSR count). The Morgan fingerprint density at radius 2 is 2.07 bits per heavy atom. The van der Waals surface area contributed by atoms with Crippen LogP contribution in [0.3, 0.4) is 0 Å². The molecule has 1 aromatic carbocycles. The molecule has 4 heteroatoms. The molecule has 0 aliphatic carbocycles. The van der Waals surface area contributed by atoms with Gasteiger partial charge in [-0.3, -0.25) is 4.79 Å². The lowest BCUT2D eigenvalue weighted by molar-refractivity contribution is 0.842. The minimum Gasteiger partial charge on any atom is -0.339 e. The summed E-state index contributed by atoms with van der Waals surface area (Å²) in [7, 11) is 1.91. The van der Waals surface area contributed by atoms with Crippen LogP contribution < -0.4 is 5.43 Å². The summed E-state index contributed by atoms with van der Waals surface area (Å²) >= 11 is 5.89. The van der Waals surface area contributed by atoms with Crippen LogP contribution in [0.25, 0.3) is 10.9 Å². The summed E-state index contributed by atoms with van der Waals surface area (Å²) in [5.41, 5.74) is 0.953. The number of aryl methyl sites for hydroxylation is 1. The molecule has 0 saturated carbocycles. The Morgan fingerprint density at radius 3 is 2.73 bits per heavy atom. The molecule has 78 valence electrons. The summed E-state index contributed by atoms with van der Waals surface area (Å²) in [5, 5.41) is 1.44. The van der Waals surface area contributed by atoms with E-state index in [9.17, 15) is 4.79 Å². The molecule has 1 aromatic heterocycles. The van der Waals surface area contributed by atoms with Crippen molar-refractivity contribution in [2.45, 2.75) is 9.92 Å². The summed E-state index contributed by atoms with van der Waals surface area (Å²) in [6.45, 7) is 0. The second-order valence-corrected chi connectivity index (χ2v) is 4.65. The number of nitrogens with zero attached hydrogens (tertiary/aromatic N) is 1. The number of thiol groups is 1. The van der Waals surface area contributed by atoms with Crippen molar-refractivity contribution in [3.8, 4) is 0 Å². The predicted molar refractivity (Wildman–Crippen MR) is 68.2 cm³/mol. The zero-order valence-corrected chi connectivity index (χ0v) is 10.2. The van der Waals surface area contributed by atoms with E-state index < -0.39 is 0 Å². The SMILES string of the molecule is CSc1ccc2c(c1)c(=O)cc(S)n2C. The highest BCUT2D eigenvalue weighted by Crippen LogP contribution is 2.20. The first-order chi connectivity index (χ1) is 7.13. The topological polar surface area (TPSA) is 22.0 Å². The monoisotopic (exact) mass is 237 g/mol. The largest absolute Gasteiger partial charge is 0.339 e. The zero-order chi connectivity index (χ0) is 11.0. The van der Waals surface area contributed by atoms with E-state index >= 15 is 0 Å². The summed E-state index contributed by atoms with van der Waals surface area (Å²) in [5.74, 6) is 0. The van der Waals surface area contributed by atoms with Gasteiger partial charge in [-0.2, -0.15) is 0 Å². The molecular formula is C11H11NOS2. The Hall–Kier alpha value is -0.870. The van der Waals surface area contributed by atoms with E-state index in [-0.39, 0.29) is 5.43 Å². The van der Waals surface area contributed by atoms with Gasteiger partial charge in [-0.15, -0.1) is 24.4 Å². The number of rotatable bonds is 1. The van der Waals surface area contributed by atoms with Gasteiger partial charge in [-0.05, 0) is 24.5 Å². The Bertz CT molecular complexity index is 575. The van der Waals surface area contributed by atoms with Gasteiger partial charge >= 0.3 is 0 Å². The van der Waals surface area contributed by atoms with Crippen molar-refractivity contribution in [3.63, 3.8) is 0 Å². The Morgan fingerprint density at radius 1 is 1.33 bits per heavy atom. The third-order valence-electron chi connectivity index (χ3n) is 2.43. The first-order valence-electron chi connectivity index (χ1n) is 4.50. The van der Waals surface area contributed by atoms with E-state index in [0.29, 0.717) is 5.03 Å². The normalized spacial score (nSPS) is 10.9. The number of pyridine rings is 1. The number of thioether (sulfide) groups is 1. The van der Waals surface area contributed by atoms with Crippen molar-refractivity contribution in [1.29, 1.82) is 0 Å². The minimum atomic E-state index is 0.0315. The van der Waals surface area contributed by atoms with Crippen molar-refractivity contribution in [2.24, 2.45) is 7.05 Å². The second-order valence-electron chi connectivity index (χ2n) is 3.31. The summed E-state index contributed by atoms with van der Waals surface area (Å²) in [6, 6.07) is 7.45. The standard InChI is InChI=1S/C11H11NOS2/c1-12-9-4-3-7(15-2)5-8(9)10(13)6-11(12)14/h3-6,14H,1-2H3. The van der Waals surface area contributed by atoms with Crippen molar-refractivity contribution in [3.05, 3.63) is 34.5 Å². The van der Waals surface area contributed by atoms with Crippen LogP contribution in [0, 0.1) is 0 Å². The van der Waals surface area contributed by atoms with Gasteiger partial charge in [0.15, 0.2) is 5.43 Å². The fourth-order valence-corrected chi connectivity index (χ4v) is 2.21. The van der Waals surface area contributed by atoms with Crippen molar-refractivity contribution in [1.82, 2.24) is 4.57 Å². The van der Waals surface area contributed by atoms with Gasteiger partial charge in [0, 0.05) is 23.4 Å². The van der Waals surface area contributed by atoms with Gasteiger partial charge in [0.05, 0.1) is 10.5 Å². The average molecular weight is 237 g/mol. The third kappa shape index (κ3) is 1.79. The molecule has 1 heterocycles. The van der Waals surface area contributed by atoms with Gasteiger partial charge in [0.2, 0.25) is 0 Å². The van der Waals surface area contributed by atoms with E-state index in [2.05, 4.69) is 12.6 Å². The zero-order valence-electron chi connectivity index (χ0n) is 8.52. The van der Waals surface area contributed by atoms with Crippen LogP contribution in [0.5, 0.6) is 0 Å². The van der Waals surface area contributed by atoms with Crippen LogP contribution in [-0.2, 0) is 7.05 Å². The van der Waals surface area contributed by atoms with Gasteiger partial charge in [-0.25, -0.2) is 0 Å². The maximum Gasteiger partial charge on any atom is 0.190 e. The Balaban J connectivity index is 2.90. The van der Waals surface area contributed by atoms with Crippen LogP contribution in [0.2, 0.25) is 0 Å². The maximum atomic E-state index is 11.7. The second kappa shape index (κ2) is 3.94. The van der Waals surface area contributed by atoms with Crippen LogP contribution in [0.1, 0.15) is 0 Å². The summed E-state index contributed by atoms with van der Waals surface area (Å²) in [4.78, 5) is 12.9. The Labute approximate surface area is 97.7 Å². The van der Waals surface area contributed by atoms with E-state index in [4.69, 9.17) is 0 Å². The van der Waals surface area contributed by atoms with Gasteiger partial charge in [0.25, 0.3) is 0 Å². The summed E-state index contributed by atoms with van der Waals surface area (Å²) < 4.78 is 1.91. The summed E-state index contributed by atoms with van der Waals surface area (Å²) in [6.07, 6.45) is 2.00. The molecule has 0 unspecified atom stereocenters. The van der Waals surface area contributed by atoms with Crippen molar-refractivity contribution < 1.29 is 0 Å². The van der Waals surface area contributed by atoms with E-state index in [1.807, 2.05) is 36.1 Å². The lowest BCUT2D eigenvalue weighted by Crippen LogP contribution is -2.07. The maximum absolute atomic E-state index is 11.7. The van der Waals surface area contributed by atoms with Crippen LogP contribution in [0.15, 0.2) is 39.0 Å². The first-order valence-corrected chi connectivity index (χ1v) is 6.17. The molecule has 0 N–H and O–H groups in total. The molecule has 0 aliphatic heterocycles. The highest BCUT2D eigenvalue weighted by Gasteiger charge is 2.04. The number of benzene rings is 1. The first kappa shape index (κ1) is 10.6. The van der Waals surface area contributed by atoms with E-state index in [0.717, 1.165) is 15.8 Å². The molecule has 2 aromatic rings. The van der Waals surface area contributed by atoms with Crippen LogP contribution in [-0.4, -0.2) is 10.8 Å². The quantitative estimate of drug-likeness (QED) is 0.608. The van der Waals surface area contributed by atoms with Gasteiger partial charge in [0.1, 0.15) is 0 Å². The van der Waals surface area contributed by atoms with Gasteiger partial charge < -0.3 is 4.57 Å². The molecule has 0 amide bonds. The molecule has 0 aliphatic rings. The van der Waals surface area contributed by atoms with Crippen LogP contribution in [0.4, 0.5) is 0 Å². The molecule has 0 atom stereocenters. The van der Waals surface area contributed by atoms with E-state index in [1.54, 1.807) is 17.8 Å². The number of aromatic nitrogens is 1. The smallest absolute Gasteiger partial charge is 0.190 e. The Kier molecular flexibility index (Phi) is 2.80. The fraction of sp³-hybridized carbons (Fsp3) is 0.182. The van der Waals surface area contributed by atoms with Crippen molar-refractivity contribution in [2.75, 3.05) is 6.26 Å². The molecule has 15 heavy (non-hydrogen) atoms. The lowest BCUT2D eigenvalue weighted by atomic mass is 10.2. The molecule has 0 bridgehead atoms. The third-order valence-corrected chi connectivity index (χ3v) is 3.59. The van der Waals surface area contributed by atoms with Crippen LogP contribution >= 0.6 is 24.4 Å². The fourth-order valence-electron chi connectivity index (χ4n) is 1.55. The molecular weight excluding hydrogens is 226 g/mol. The number of fused-ring (bicyclic) bond motifs is 1. The predicted octanol–water partition coefficient (Wildman–Crippen LogP) is 2.55. The lowest BCUT2D eigenvalue weighted by Gasteiger charge is -2.08. The molecule has 2 nitrogen and oxygen atoms in total. The van der Waals surface area contributed by atoms with Gasteiger partial charge in [-0.1, -0.05) is 0 Å². The van der Waals surface area contributed by atoms with E-state index in [1.165, 1.54) is 0 Å². The highest BCUT2D eigenvalue weighted by molar-refractivity contribution is 7.98. The number of hydrogen-bond donors (Lipinski definition) is 1. The highest BCUT2D eigenvalue weighted by atomic mass is 32.2. The molecule has 0 fully saturated rings. The number of hydrogen-bond acceptors (Lipinski definition) is 3. The molecule has 0 spiro atoms.